The van der Waals surface area contributed by atoms with Crippen LogP contribution >= 0.6 is 34.8 Å². The van der Waals surface area contributed by atoms with Gasteiger partial charge in [-0.1, -0.05) is 82.4 Å². The molecule has 1 aliphatic carbocycles. The third-order valence-electron chi connectivity index (χ3n) is 8.48. The Kier molecular flexibility index (Phi) is 8.62. The molecule has 2 amide bonds. The number of nitrogens with zero attached hydrogens (tertiary/aromatic N) is 3. The zero-order chi connectivity index (χ0) is 30.1. The number of fused-ring (bicyclic) bond motifs is 1. The van der Waals surface area contributed by atoms with Gasteiger partial charge in [0.05, 0.1) is 41.1 Å². The van der Waals surface area contributed by atoms with Gasteiger partial charge in [-0.2, -0.15) is 4.91 Å². The van der Waals surface area contributed by atoms with Crippen LogP contribution in [0, 0.1) is 4.91 Å². The maximum absolute atomic E-state index is 14.4. The van der Waals surface area contributed by atoms with Gasteiger partial charge in [0.15, 0.2) is 0 Å². The zero-order valence-corrected chi connectivity index (χ0v) is 25.9. The summed E-state index contributed by atoms with van der Waals surface area (Å²) in [6.45, 7) is 0.731. The predicted octanol–water partition coefficient (Wildman–Crippen LogP) is 10.4. The van der Waals surface area contributed by atoms with E-state index in [-0.39, 0.29) is 18.0 Å². The Morgan fingerprint density at radius 1 is 0.837 bits per heavy atom. The summed E-state index contributed by atoms with van der Waals surface area (Å²) in [7, 11) is 1.63. The predicted molar refractivity (Wildman–Crippen MR) is 174 cm³/mol. The minimum atomic E-state index is -0.227. The van der Waals surface area contributed by atoms with Gasteiger partial charge in [-0.25, -0.2) is 4.79 Å². The van der Waals surface area contributed by atoms with Crippen LogP contribution in [0.5, 0.6) is 5.75 Å². The molecular weight excluding hydrogens is 605 g/mol. The van der Waals surface area contributed by atoms with Crippen LogP contribution in [0.25, 0.3) is 11.1 Å². The third kappa shape index (κ3) is 5.84. The van der Waals surface area contributed by atoms with E-state index < -0.39 is 0 Å². The second-order valence-electron chi connectivity index (χ2n) is 11.0. The van der Waals surface area contributed by atoms with Crippen LogP contribution in [0.2, 0.25) is 15.1 Å². The molecule has 0 saturated heterocycles. The highest BCUT2D eigenvalue weighted by atomic mass is 35.5. The largest absolute Gasteiger partial charge is 0.497 e. The molecule has 9 heteroatoms. The molecule has 0 aromatic heterocycles. The van der Waals surface area contributed by atoms with Gasteiger partial charge >= 0.3 is 6.03 Å². The molecule has 2 aliphatic rings. The zero-order valence-electron chi connectivity index (χ0n) is 23.6. The van der Waals surface area contributed by atoms with E-state index in [2.05, 4.69) is 17.3 Å². The average molecular weight is 635 g/mol. The van der Waals surface area contributed by atoms with Crippen LogP contribution in [0.3, 0.4) is 0 Å². The number of nitroso groups, excluding NO2 is 1. The lowest BCUT2D eigenvalue weighted by molar-refractivity contribution is 0.198. The Labute approximate surface area is 266 Å². The summed E-state index contributed by atoms with van der Waals surface area (Å²) < 4.78 is 5.33. The highest BCUT2D eigenvalue weighted by Crippen LogP contribution is 2.48. The topological polar surface area (TPSA) is 62.2 Å². The molecule has 0 N–H and O–H groups in total. The fourth-order valence-electron chi connectivity index (χ4n) is 6.21. The number of hydrogen-bond donors (Lipinski definition) is 0. The quantitative estimate of drug-likeness (QED) is 0.190. The van der Waals surface area contributed by atoms with Gasteiger partial charge < -0.3 is 9.64 Å². The maximum Gasteiger partial charge on any atom is 0.329 e. The van der Waals surface area contributed by atoms with Crippen molar-refractivity contribution in [1.29, 1.82) is 0 Å². The third-order valence-corrected chi connectivity index (χ3v) is 9.41. The summed E-state index contributed by atoms with van der Waals surface area (Å²) in [6.07, 6.45) is 3.14. The minimum Gasteiger partial charge on any atom is -0.497 e. The van der Waals surface area contributed by atoms with Crippen molar-refractivity contribution in [3.8, 4) is 16.9 Å². The van der Waals surface area contributed by atoms with Crippen LogP contribution in [-0.2, 0) is 13.1 Å². The molecule has 0 bridgehead atoms. The lowest BCUT2D eigenvalue weighted by Gasteiger charge is -2.40. The van der Waals surface area contributed by atoms with Crippen LogP contribution < -0.4 is 9.64 Å². The van der Waals surface area contributed by atoms with Crippen molar-refractivity contribution < 1.29 is 9.53 Å². The van der Waals surface area contributed by atoms with E-state index >= 15 is 0 Å². The van der Waals surface area contributed by atoms with Crippen molar-refractivity contribution in [2.24, 2.45) is 5.18 Å². The number of methoxy groups -OCH3 is 1. The molecule has 43 heavy (non-hydrogen) atoms. The number of para-hydroxylation sites is 1. The number of benzene rings is 4. The second-order valence-corrected chi connectivity index (χ2v) is 12.3. The minimum absolute atomic E-state index is 0.150. The van der Waals surface area contributed by atoms with E-state index in [1.807, 2.05) is 48.5 Å². The van der Waals surface area contributed by atoms with Crippen molar-refractivity contribution >= 4 is 52.2 Å². The molecule has 0 spiro atoms. The van der Waals surface area contributed by atoms with Crippen LogP contribution in [0.15, 0.2) is 84.0 Å². The molecule has 220 valence electrons. The fraction of sp³-hybridized carbons (Fsp3) is 0.265. The molecule has 1 fully saturated rings. The standard InChI is InChI=1S/C34H30Cl3N3O3/c1-43-25-15-9-21(10-16-25)19-39-20-28-27(26-5-2-3-6-29(26)35)17-23(22-11-13-24(38-42)14-12-22)18-32(28)40(34(39)41)33-30(36)7-4-8-31(33)37/h2-10,15-18,22,24H,11-14,19-20H2,1H3. The molecule has 1 heterocycles. The van der Waals surface area contributed by atoms with Crippen LogP contribution in [0.1, 0.15) is 48.3 Å². The van der Waals surface area contributed by atoms with E-state index in [0.29, 0.717) is 33.8 Å². The monoisotopic (exact) mass is 633 g/mol. The van der Waals surface area contributed by atoms with Gasteiger partial charge in [-0.05, 0) is 84.7 Å². The number of ether oxygens (including phenoxy) is 1. The number of rotatable bonds is 7. The molecule has 1 saturated carbocycles. The van der Waals surface area contributed by atoms with E-state index in [9.17, 15) is 9.70 Å². The first kappa shape index (κ1) is 29.5. The lowest BCUT2D eigenvalue weighted by Crippen LogP contribution is -2.44. The smallest absolute Gasteiger partial charge is 0.329 e. The Balaban J connectivity index is 1.54. The number of urea groups is 1. The van der Waals surface area contributed by atoms with Gasteiger partial charge in [-0.3, -0.25) is 4.90 Å². The summed E-state index contributed by atoms with van der Waals surface area (Å²) in [4.78, 5) is 29.1. The number of hydrogen-bond acceptors (Lipinski definition) is 4. The SMILES string of the molecule is COc1ccc(CN2Cc3c(-c4ccccc4Cl)cc(C4CCC(N=O)CC4)cc3N(c3c(Cl)cccc3Cl)C2=O)cc1. The number of carbonyl (C=O) groups is 1. The maximum atomic E-state index is 14.4. The highest BCUT2D eigenvalue weighted by Gasteiger charge is 2.37. The lowest BCUT2D eigenvalue weighted by atomic mass is 9.80. The van der Waals surface area contributed by atoms with Gasteiger partial charge in [-0.15, -0.1) is 0 Å². The molecule has 6 nitrogen and oxygen atoms in total. The normalized spacial score (nSPS) is 18.4. The Bertz CT molecular complexity index is 1650. The van der Waals surface area contributed by atoms with Gasteiger partial charge in [0.2, 0.25) is 0 Å². The molecule has 4 aromatic carbocycles. The van der Waals surface area contributed by atoms with E-state index in [1.165, 1.54) is 0 Å². The molecule has 0 unspecified atom stereocenters. The number of halogens is 3. The summed E-state index contributed by atoms with van der Waals surface area (Å²) in [5, 5.41) is 4.67. The summed E-state index contributed by atoms with van der Waals surface area (Å²) >= 11 is 20.3. The van der Waals surface area contributed by atoms with Gasteiger partial charge in [0.1, 0.15) is 5.75 Å². The molecular formula is C34H30Cl3N3O3. The van der Waals surface area contributed by atoms with Gasteiger partial charge in [0.25, 0.3) is 0 Å². The molecule has 1 aliphatic heterocycles. The van der Waals surface area contributed by atoms with E-state index in [4.69, 9.17) is 39.5 Å². The summed E-state index contributed by atoms with van der Waals surface area (Å²) in [6, 6.07) is 24.6. The Hall–Kier alpha value is -3.58. The van der Waals surface area contributed by atoms with Crippen LogP contribution in [0.4, 0.5) is 16.2 Å². The van der Waals surface area contributed by atoms with Crippen molar-refractivity contribution in [1.82, 2.24) is 4.90 Å². The first-order valence-electron chi connectivity index (χ1n) is 14.3. The fourth-order valence-corrected chi connectivity index (χ4v) is 7.01. The molecule has 4 aromatic rings. The van der Waals surface area contributed by atoms with Crippen molar-refractivity contribution in [3.05, 3.63) is 116 Å². The number of anilines is 2. The van der Waals surface area contributed by atoms with Crippen molar-refractivity contribution in [2.75, 3.05) is 12.0 Å². The highest BCUT2D eigenvalue weighted by molar-refractivity contribution is 6.40. The first-order chi connectivity index (χ1) is 20.9. The summed E-state index contributed by atoms with van der Waals surface area (Å²) in [5.74, 6) is 0.954. The van der Waals surface area contributed by atoms with Crippen LogP contribution in [-0.4, -0.2) is 24.1 Å². The summed E-state index contributed by atoms with van der Waals surface area (Å²) in [5.41, 5.74) is 6.00. The Morgan fingerprint density at radius 3 is 2.16 bits per heavy atom. The van der Waals surface area contributed by atoms with E-state index in [1.54, 1.807) is 35.1 Å². The van der Waals surface area contributed by atoms with Crippen molar-refractivity contribution in [3.63, 3.8) is 0 Å². The van der Waals surface area contributed by atoms with E-state index in [0.717, 1.165) is 64.9 Å². The first-order valence-corrected chi connectivity index (χ1v) is 15.4. The second kappa shape index (κ2) is 12.6. The average Bonchev–Trinajstić information content (AvgIpc) is 3.03. The molecule has 0 radical (unpaired) electrons. The van der Waals surface area contributed by atoms with Crippen molar-refractivity contribution in [2.45, 2.75) is 50.7 Å². The number of amides is 2. The van der Waals surface area contributed by atoms with Gasteiger partial charge in [0, 0.05) is 22.7 Å². The Morgan fingerprint density at radius 2 is 1.51 bits per heavy atom. The molecule has 6 rings (SSSR count). The number of carbonyl (C=O) groups excluding carboxylic acids is 1. The molecule has 0 atom stereocenters.